The first-order chi connectivity index (χ1) is 18.0. The summed E-state index contributed by atoms with van der Waals surface area (Å²) in [4.78, 5) is 13.0. The normalized spacial score (nSPS) is 15.8. The van der Waals surface area contributed by atoms with Gasteiger partial charge in [-0.2, -0.15) is 0 Å². The van der Waals surface area contributed by atoms with Crippen LogP contribution >= 0.6 is 11.6 Å². The molecule has 38 heavy (non-hydrogen) atoms. The lowest BCUT2D eigenvalue weighted by atomic mass is 10.0. The van der Waals surface area contributed by atoms with E-state index >= 15 is 0 Å². The third-order valence-corrected chi connectivity index (χ3v) is 8.05. The molecule has 0 bridgehead atoms. The number of nitrogens with zero attached hydrogens (tertiary/aromatic N) is 2. The zero-order chi connectivity index (χ0) is 27.6. The third kappa shape index (κ3) is 5.79. The molecule has 3 aromatic rings. The Kier molecular flexibility index (Phi) is 8.00. The molecule has 0 unspecified atom stereocenters. The van der Waals surface area contributed by atoms with E-state index in [1.807, 2.05) is 7.05 Å². The van der Waals surface area contributed by atoms with Crippen molar-refractivity contribution in [2.45, 2.75) is 24.3 Å². The van der Waals surface area contributed by atoms with Crippen LogP contribution in [0.4, 0.5) is 11.4 Å². The topological polar surface area (TPSA) is 120 Å². The monoisotopic (exact) mass is 561 g/mol. The minimum Gasteiger partial charge on any atom is -0.493 e. The Morgan fingerprint density at radius 2 is 1.76 bits per heavy atom. The van der Waals surface area contributed by atoms with Crippen molar-refractivity contribution in [2.24, 2.45) is 0 Å². The van der Waals surface area contributed by atoms with Crippen molar-refractivity contribution in [2.75, 3.05) is 39.1 Å². The molecular formula is C26H28ClN3O7S. The highest BCUT2D eigenvalue weighted by atomic mass is 35.5. The number of rotatable bonds is 9. The molecule has 1 saturated heterocycles. The fraction of sp³-hybridized carbons (Fsp3) is 0.308. The van der Waals surface area contributed by atoms with Crippen molar-refractivity contribution in [3.8, 4) is 28.4 Å². The number of halogens is 1. The number of sulfonamides is 1. The number of methoxy groups -OCH3 is 2. The average molecular weight is 562 g/mol. The summed E-state index contributed by atoms with van der Waals surface area (Å²) in [6.45, 7) is 3.25. The summed E-state index contributed by atoms with van der Waals surface area (Å²) in [5.74, 6) is 0.825. The van der Waals surface area contributed by atoms with E-state index in [1.165, 1.54) is 44.6 Å². The van der Waals surface area contributed by atoms with E-state index in [9.17, 15) is 18.5 Å². The maximum Gasteiger partial charge on any atom is 0.272 e. The molecule has 1 aliphatic rings. The largest absolute Gasteiger partial charge is 0.493 e. The van der Waals surface area contributed by atoms with E-state index in [-0.39, 0.29) is 39.4 Å². The van der Waals surface area contributed by atoms with Gasteiger partial charge in [0.15, 0.2) is 11.5 Å². The van der Waals surface area contributed by atoms with Crippen molar-refractivity contribution in [3.05, 3.63) is 69.2 Å². The Bertz CT molecular complexity index is 1480. The number of hydrogen-bond acceptors (Lipinski definition) is 8. The highest BCUT2D eigenvalue weighted by molar-refractivity contribution is 7.92. The van der Waals surface area contributed by atoms with E-state index in [0.717, 1.165) is 19.5 Å². The maximum atomic E-state index is 13.7. The fourth-order valence-electron chi connectivity index (χ4n) is 4.32. The molecule has 0 radical (unpaired) electrons. The minimum absolute atomic E-state index is 0.0564. The van der Waals surface area contributed by atoms with Gasteiger partial charge in [0.1, 0.15) is 11.9 Å². The molecule has 0 aromatic heterocycles. The molecule has 4 rings (SSSR count). The second kappa shape index (κ2) is 11.1. The number of nitrogens with one attached hydrogen (secondary N) is 1. The van der Waals surface area contributed by atoms with Crippen molar-refractivity contribution in [3.63, 3.8) is 0 Å². The molecule has 10 nitrogen and oxygen atoms in total. The van der Waals surface area contributed by atoms with Gasteiger partial charge >= 0.3 is 0 Å². The summed E-state index contributed by atoms with van der Waals surface area (Å²) in [6.07, 6.45) is 0.777. The van der Waals surface area contributed by atoms with Crippen LogP contribution in [0.3, 0.4) is 0 Å². The number of likely N-dealkylation sites (N-methyl/N-ethyl adjacent to an activating group) is 1. The van der Waals surface area contributed by atoms with Gasteiger partial charge in [0.25, 0.3) is 15.7 Å². The quantitative estimate of drug-likeness (QED) is 0.282. The van der Waals surface area contributed by atoms with Crippen LogP contribution in [0.25, 0.3) is 11.1 Å². The SMILES string of the molecule is COc1cc(-c2ccc(C)c([N+](=O)[O-])c2)c(S(=O)(=O)Nc2ccc(Cl)c(O[C@@H]3CCN(C)C3)c2)cc1OC. The predicted molar refractivity (Wildman–Crippen MR) is 145 cm³/mol. The van der Waals surface area contributed by atoms with Crippen LogP contribution in [0.2, 0.25) is 5.02 Å². The molecule has 0 amide bonds. The molecule has 202 valence electrons. The number of nitro benzene ring substituents is 1. The van der Waals surface area contributed by atoms with Crippen LogP contribution in [-0.2, 0) is 10.0 Å². The van der Waals surface area contributed by atoms with E-state index in [2.05, 4.69) is 9.62 Å². The van der Waals surface area contributed by atoms with Crippen LogP contribution in [0.5, 0.6) is 17.2 Å². The van der Waals surface area contributed by atoms with Gasteiger partial charge in [0.2, 0.25) is 0 Å². The van der Waals surface area contributed by atoms with Crippen LogP contribution in [0.15, 0.2) is 53.4 Å². The molecule has 1 fully saturated rings. The van der Waals surface area contributed by atoms with Gasteiger partial charge in [-0.1, -0.05) is 23.7 Å². The lowest BCUT2D eigenvalue weighted by Gasteiger charge is -2.18. The summed E-state index contributed by atoms with van der Waals surface area (Å²) in [7, 11) is 0.588. The Labute approximate surface area is 226 Å². The molecule has 12 heteroatoms. The zero-order valence-electron chi connectivity index (χ0n) is 21.4. The lowest BCUT2D eigenvalue weighted by molar-refractivity contribution is -0.385. The Balaban J connectivity index is 1.76. The molecule has 0 spiro atoms. The van der Waals surface area contributed by atoms with Gasteiger partial charge in [-0.15, -0.1) is 0 Å². The minimum atomic E-state index is -4.22. The van der Waals surface area contributed by atoms with Gasteiger partial charge in [-0.3, -0.25) is 14.8 Å². The first-order valence-electron chi connectivity index (χ1n) is 11.7. The molecule has 1 aliphatic heterocycles. The molecule has 1 atom stereocenters. The molecule has 0 aliphatic carbocycles. The number of likely N-dealkylation sites (tertiary alicyclic amines) is 1. The summed E-state index contributed by atoms with van der Waals surface area (Å²) in [5.41, 5.74) is 1.09. The number of anilines is 1. The highest BCUT2D eigenvalue weighted by Crippen LogP contribution is 2.40. The van der Waals surface area contributed by atoms with E-state index in [1.54, 1.807) is 25.1 Å². The van der Waals surface area contributed by atoms with Gasteiger partial charge < -0.3 is 19.1 Å². The summed E-state index contributed by atoms with van der Waals surface area (Å²) >= 11 is 6.33. The van der Waals surface area contributed by atoms with Crippen LogP contribution in [0.1, 0.15) is 12.0 Å². The second-order valence-electron chi connectivity index (χ2n) is 9.00. The fourth-order valence-corrected chi connectivity index (χ4v) is 5.76. The smallest absolute Gasteiger partial charge is 0.272 e. The Morgan fingerprint density at radius 3 is 2.39 bits per heavy atom. The van der Waals surface area contributed by atoms with Gasteiger partial charge in [0, 0.05) is 42.4 Å². The van der Waals surface area contributed by atoms with Gasteiger partial charge in [-0.25, -0.2) is 8.42 Å². The van der Waals surface area contributed by atoms with E-state index in [0.29, 0.717) is 21.9 Å². The lowest BCUT2D eigenvalue weighted by Crippen LogP contribution is -2.21. The first-order valence-corrected chi connectivity index (χ1v) is 13.6. The molecular weight excluding hydrogens is 534 g/mol. The van der Waals surface area contributed by atoms with Crippen LogP contribution in [0, 0.1) is 17.0 Å². The molecule has 3 aromatic carbocycles. The number of nitro groups is 1. The third-order valence-electron chi connectivity index (χ3n) is 6.32. The Hall–Kier alpha value is -3.54. The van der Waals surface area contributed by atoms with Crippen molar-refractivity contribution in [1.82, 2.24) is 4.90 Å². The Morgan fingerprint density at radius 1 is 1.05 bits per heavy atom. The highest BCUT2D eigenvalue weighted by Gasteiger charge is 2.26. The van der Waals surface area contributed by atoms with Gasteiger partial charge in [0.05, 0.1) is 34.7 Å². The number of hydrogen-bond donors (Lipinski definition) is 1. The molecule has 1 N–H and O–H groups in total. The number of ether oxygens (including phenoxy) is 3. The maximum absolute atomic E-state index is 13.7. The van der Waals surface area contributed by atoms with Crippen molar-refractivity contribution in [1.29, 1.82) is 0 Å². The molecule has 1 heterocycles. The summed E-state index contributed by atoms with van der Waals surface area (Å²) in [6, 6.07) is 12.0. The van der Waals surface area contributed by atoms with Crippen molar-refractivity contribution >= 4 is 33.0 Å². The predicted octanol–water partition coefficient (Wildman–Crippen LogP) is 5.12. The van der Waals surface area contributed by atoms with Crippen LogP contribution < -0.4 is 18.9 Å². The average Bonchev–Trinajstić information content (AvgIpc) is 3.29. The standard InChI is InChI=1S/C26H28ClN3O7S/c1-16-5-6-17(11-22(16)30(31)32)20-13-24(35-3)25(36-4)14-26(20)38(33,34)28-18-7-8-21(27)23(12-18)37-19-9-10-29(2)15-19/h5-8,11-14,19,28H,9-10,15H2,1-4H3/t19-/m1/s1. The zero-order valence-corrected chi connectivity index (χ0v) is 22.9. The second-order valence-corrected chi connectivity index (χ2v) is 11.1. The number of aryl methyl sites for hydroxylation is 1. The van der Waals surface area contributed by atoms with E-state index < -0.39 is 14.9 Å². The summed E-state index contributed by atoms with van der Waals surface area (Å²) < 4.78 is 46.8. The number of benzene rings is 3. The van der Waals surface area contributed by atoms with Gasteiger partial charge in [-0.05, 0) is 44.2 Å². The van der Waals surface area contributed by atoms with Crippen molar-refractivity contribution < 1.29 is 27.6 Å². The van der Waals surface area contributed by atoms with Crippen LogP contribution in [-0.4, -0.2) is 58.7 Å². The summed E-state index contributed by atoms with van der Waals surface area (Å²) in [5, 5.41) is 11.9. The van der Waals surface area contributed by atoms with E-state index in [4.69, 9.17) is 25.8 Å². The molecule has 0 saturated carbocycles. The first kappa shape index (κ1) is 27.5.